The molecule has 0 saturated carbocycles. The van der Waals surface area contributed by atoms with Crippen LogP contribution in [0.4, 0.5) is 11.4 Å². The number of sulfonamides is 1. The number of rotatable bonds is 9. The number of ether oxygens (including phenoxy) is 2. The van der Waals surface area contributed by atoms with Crippen molar-refractivity contribution in [3.05, 3.63) is 58.4 Å². The van der Waals surface area contributed by atoms with Gasteiger partial charge in [0.15, 0.2) is 11.5 Å². The molecule has 0 radical (unpaired) electrons. The molecule has 0 spiro atoms. The van der Waals surface area contributed by atoms with Crippen molar-refractivity contribution >= 4 is 32.8 Å². The van der Waals surface area contributed by atoms with Gasteiger partial charge in [0.25, 0.3) is 11.6 Å². The first-order chi connectivity index (χ1) is 14.7. The van der Waals surface area contributed by atoms with Crippen LogP contribution in [0, 0.1) is 10.1 Å². The van der Waals surface area contributed by atoms with Crippen molar-refractivity contribution < 1.29 is 27.6 Å². The summed E-state index contributed by atoms with van der Waals surface area (Å²) in [4.78, 5) is 23.0. The Bertz CT molecular complexity index is 1240. The highest BCUT2D eigenvalue weighted by atomic mass is 32.2. The Kier molecular flexibility index (Phi) is 6.25. The van der Waals surface area contributed by atoms with Crippen LogP contribution in [0.1, 0.15) is 10.4 Å². The summed E-state index contributed by atoms with van der Waals surface area (Å²) in [6.07, 6.45) is 3.18. The molecule has 2 aromatic heterocycles. The van der Waals surface area contributed by atoms with Gasteiger partial charge in [0, 0.05) is 25.0 Å². The highest BCUT2D eigenvalue weighted by Gasteiger charge is 2.24. The van der Waals surface area contributed by atoms with Crippen LogP contribution in [0.25, 0.3) is 5.52 Å². The lowest BCUT2D eigenvalue weighted by Crippen LogP contribution is -2.31. The number of carbonyl (C=O) groups excluding carboxylic acids is 1. The van der Waals surface area contributed by atoms with Gasteiger partial charge in [0.1, 0.15) is 5.56 Å². The number of nitrogens with one attached hydrogen (secondary N) is 2. The first-order valence-corrected chi connectivity index (χ1v) is 10.5. The SMILES string of the molecule is COc1cc(C(=O)NCCS(=O)(=O)Nc2ccn3nccc3c2)c([N+](=O)[O-])cc1OC. The van der Waals surface area contributed by atoms with E-state index in [1.54, 1.807) is 35.1 Å². The van der Waals surface area contributed by atoms with Gasteiger partial charge >= 0.3 is 0 Å². The number of carbonyl (C=O) groups is 1. The summed E-state index contributed by atoms with van der Waals surface area (Å²) < 4.78 is 38.7. The van der Waals surface area contributed by atoms with E-state index in [1.165, 1.54) is 20.3 Å². The van der Waals surface area contributed by atoms with Gasteiger partial charge in [0.05, 0.1) is 42.2 Å². The fourth-order valence-corrected chi connectivity index (χ4v) is 3.77. The van der Waals surface area contributed by atoms with Gasteiger partial charge in [-0.3, -0.25) is 19.6 Å². The number of anilines is 1. The van der Waals surface area contributed by atoms with Crippen molar-refractivity contribution in [1.82, 2.24) is 14.9 Å². The molecule has 13 heteroatoms. The number of benzene rings is 1. The van der Waals surface area contributed by atoms with E-state index in [0.29, 0.717) is 11.2 Å². The summed E-state index contributed by atoms with van der Waals surface area (Å²) in [5.74, 6) is -1.04. The van der Waals surface area contributed by atoms with Crippen molar-refractivity contribution in [2.24, 2.45) is 0 Å². The summed E-state index contributed by atoms with van der Waals surface area (Å²) in [5.41, 5.74) is 0.272. The summed E-state index contributed by atoms with van der Waals surface area (Å²) in [7, 11) is -1.15. The Morgan fingerprint density at radius 3 is 2.58 bits per heavy atom. The molecule has 1 aromatic carbocycles. The minimum absolute atomic E-state index is 0.0904. The Balaban J connectivity index is 1.68. The predicted octanol–water partition coefficient (Wildman–Crippen LogP) is 1.43. The smallest absolute Gasteiger partial charge is 0.286 e. The first-order valence-electron chi connectivity index (χ1n) is 8.86. The van der Waals surface area contributed by atoms with Gasteiger partial charge in [-0.1, -0.05) is 0 Å². The number of pyridine rings is 1. The lowest BCUT2D eigenvalue weighted by molar-refractivity contribution is -0.385. The van der Waals surface area contributed by atoms with Gasteiger partial charge in [-0.15, -0.1) is 0 Å². The van der Waals surface area contributed by atoms with E-state index in [2.05, 4.69) is 15.1 Å². The molecule has 31 heavy (non-hydrogen) atoms. The van der Waals surface area contributed by atoms with E-state index in [0.717, 1.165) is 6.07 Å². The second-order valence-corrected chi connectivity index (χ2v) is 8.12. The topological polar surface area (TPSA) is 154 Å². The number of amides is 1. The van der Waals surface area contributed by atoms with Crippen LogP contribution in [0.3, 0.4) is 0 Å². The van der Waals surface area contributed by atoms with E-state index < -0.39 is 32.3 Å². The predicted molar refractivity (Wildman–Crippen MR) is 111 cm³/mol. The number of nitro benzene ring substituents is 1. The molecular weight excluding hydrogens is 430 g/mol. The number of hydrogen-bond acceptors (Lipinski definition) is 8. The van der Waals surface area contributed by atoms with E-state index in [4.69, 9.17) is 9.47 Å². The van der Waals surface area contributed by atoms with Crippen LogP contribution in [-0.2, 0) is 10.0 Å². The van der Waals surface area contributed by atoms with Crippen LogP contribution in [0.5, 0.6) is 11.5 Å². The minimum atomic E-state index is -3.79. The molecule has 0 aliphatic rings. The molecule has 164 valence electrons. The van der Waals surface area contributed by atoms with Crippen molar-refractivity contribution in [1.29, 1.82) is 0 Å². The van der Waals surface area contributed by atoms with Gasteiger partial charge in [-0.25, -0.2) is 12.9 Å². The third kappa shape index (κ3) is 5.01. The zero-order chi connectivity index (χ0) is 22.6. The number of fused-ring (bicyclic) bond motifs is 1. The lowest BCUT2D eigenvalue weighted by Gasteiger charge is -2.11. The molecule has 0 aliphatic heterocycles. The van der Waals surface area contributed by atoms with Crippen LogP contribution in [0.2, 0.25) is 0 Å². The maximum Gasteiger partial charge on any atom is 0.286 e. The number of nitro groups is 1. The van der Waals surface area contributed by atoms with E-state index in [9.17, 15) is 23.3 Å². The monoisotopic (exact) mass is 449 g/mol. The molecule has 3 rings (SSSR count). The van der Waals surface area contributed by atoms with Crippen LogP contribution in [-0.4, -0.2) is 55.4 Å². The first kappa shape index (κ1) is 21.8. The largest absolute Gasteiger partial charge is 0.493 e. The number of aromatic nitrogens is 2. The van der Waals surface area contributed by atoms with E-state index in [-0.39, 0.29) is 23.6 Å². The van der Waals surface area contributed by atoms with Gasteiger partial charge < -0.3 is 14.8 Å². The second-order valence-electron chi connectivity index (χ2n) is 6.27. The average molecular weight is 449 g/mol. The fourth-order valence-electron chi connectivity index (χ4n) is 2.81. The van der Waals surface area contributed by atoms with Gasteiger partial charge in [-0.05, 0) is 18.2 Å². The summed E-state index contributed by atoms with van der Waals surface area (Å²) in [6.45, 7) is -0.269. The normalized spacial score (nSPS) is 11.2. The molecule has 0 saturated heterocycles. The number of methoxy groups -OCH3 is 2. The molecule has 0 aliphatic carbocycles. The molecular formula is C18H19N5O7S. The zero-order valence-electron chi connectivity index (χ0n) is 16.6. The molecule has 12 nitrogen and oxygen atoms in total. The number of nitrogens with zero attached hydrogens (tertiary/aromatic N) is 3. The van der Waals surface area contributed by atoms with E-state index in [1.807, 2.05) is 0 Å². The third-order valence-electron chi connectivity index (χ3n) is 4.27. The Morgan fingerprint density at radius 1 is 1.19 bits per heavy atom. The molecule has 3 aromatic rings. The molecule has 2 N–H and O–H groups in total. The molecule has 0 unspecified atom stereocenters. The highest BCUT2D eigenvalue weighted by molar-refractivity contribution is 7.92. The van der Waals surface area contributed by atoms with Gasteiger partial charge in [-0.2, -0.15) is 5.10 Å². The van der Waals surface area contributed by atoms with Crippen LogP contribution in [0.15, 0.2) is 42.7 Å². The van der Waals surface area contributed by atoms with Crippen LogP contribution < -0.4 is 19.5 Å². The fraction of sp³-hybridized carbons (Fsp3) is 0.222. The molecule has 0 fully saturated rings. The molecule has 0 bridgehead atoms. The summed E-state index contributed by atoms with van der Waals surface area (Å²) >= 11 is 0. The van der Waals surface area contributed by atoms with Crippen LogP contribution >= 0.6 is 0 Å². The Hall–Kier alpha value is -3.87. The van der Waals surface area contributed by atoms with Crippen molar-refractivity contribution in [3.63, 3.8) is 0 Å². The maximum atomic E-state index is 12.5. The maximum absolute atomic E-state index is 12.5. The summed E-state index contributed by atoms with van der Waals surface area (Å²) in [5, 5.41) is 17.7. The molecule has 2 heterocycles. The number of hydrogen-bond donors (Lipinski definition) is 2. The quantitative estimate of drug-likeness (QED) is 0.367. The van der Waals surface area contributed by atoms with Crippen molar-refractivity contribution in [2.45, 2.75) is 0 Å². The average Bonchev–Trinajstić information content (AvgIpc) is 3.19. The molecule has 0 atom stereocenters. The minimum Gasteiger partial charge on any atom is -0.493 e. The lowest BCUT2D eigenvalue weighted by atomic mass is 10.1. The van der Waals surface area contributed by atoms with Crippen molar-refractivity contribution in [2.75, 3.05) is 31.2 Å². The second kappa shape index (κ2) is 8.87. The summed E-state index contributed by atoms with van der Waals surface area (Å²) in [6, 6.07) is 7.10. The van der Waals surface area contributed by atoms with Gasteiger partial charge in [0.2, 0.25) is 10.0 Å². The Morgan fingerprint density at radius 2 is 1.90 bits per heavy atom. The molecule has 1 amide bonds. The van der Waals surface area contributed by atoms with E-state index >= 15 is 0 Å². The highest BCUT2D eigenvalue weighted by Crippen LogP contribution is 2.34. The standard InChI is InChI=1S/C18H19N5O7S/c1-29-16-10-14(15(23(25)26)11-17(16)30-2)18(24)19-6-8-31(27,28)21-12-4-7-22-13(9-12)3-5-20-22/h3-5,7,9-11,21H,6,8H2,1-2H3,(H,19,24). The third-order valence-corrected chi connectivity index (χ3v) is 5.56. The Labute approximate surface area is 177 Å². The van der Waals surface area contributed by atoms with Crippen molar-refractivity contribution in [3.8, 4) is 11.5 Å². The zero-order valence-corrected chi connectivity index (χ0v) is 17.4.